The number of oxime groups is 1. The van der Waals surface area contributed by atoms with Crippen molar-refractivity contribution in [3.63, 3.8) is 0 Å². The standard InChI is InChI=1S/C15H21N3O3/c1-10-5-4-6-11(10)15(19)17-12-7-2-3-8-13(12)21-9-14(16)18-20/h2-3,7-8,10-11,20H,4-6,9H2,1H3,(H2,16,18)(H,17,19). The third kappa shape index (κ3) is 3.87. The lowest BCUT2D eigenvalue weighted by Gasteiger charge is -2.17. The number of carbonyl (C=O) groups is 1. The third-order valence-corrected chi connectivity index (χ3v) is 3.85. The molecule has 6 heteroatoms. The highest BCUT2D eigenvalue weighted by molar-refractivity contribution is 5.94. The fourth-order valence-corrected chi connectivity index (χ4v) is 2.64. The Kier molecular flexibility index (Phi) is 5.03. The molecule has 1 aliphatic carbocycles. The number of amidine groups is 1. The first-order valence-electron chi connectivity index (χ1n) is 7.11. The lowest BCUT2D eigenvalue weighted by molar-refractivity contribution is -0.120. The average molecular weight is 291 g/mol. The van der Waals surface area contributed by atoms with E-state index in [1.807, 2.05) is 6.07 Å². The van der Waals surface area contributed by atoms with Gasteiger partial charge in [0.1, 0.15) is 12.4 Å². The Morgan fingerprint density at radius 1 is 1.48 bits per heavy atom. The van der Waals surface area contributed by atoms with Crippen molar-refractivity contribution in [2.24, 2.45) is 22.7 Å². The van der Waals surface area contributed by atoms with Crippen LogP contribution in [0.5, 0.6) is 5.75 Å². The molecule has 1 amide bonds. The van der Waals surface area contributed by atoms with Crippen LogP contribution in [0.15, 0.2) is 29.4 Å². The molecule has 114 valence electrons. The van der Waals surface area contributed by atoms with Gasteiger partial charge in [-0.25, -0.2) is 0 Å². The van der Waals surface area contributed by atoms with E-state index in [1.54, 1.807) is 18.2 Å². The molecule has 1 aliphatic rings. The van der Waals surface area contributed by atoms with Gasteiger partial charge in [-0.1, -0.05) is 30.6 Å². The number of amides is 1. The van der Waals surface area contributed by atoms with Gasteiger partial charge in [0.2, 0.25) is 5.91 Å². The fourth-order valence-electron chi connectivity index (χ4n) is 2.64. The van der Waals surface area contributed by atoms with Gasteiger partial charge in [-0.15, -0.1) is 0 Å². The highest BCUT2D eigenvalue weighted by atomic mass is 16.5. The summed E-state index contributed by atoms with van der Waals surface area (Å²) in [6, 6.07) is 7.14. The van der Waals surface area contributed by atoms with Gasteiger partial charge in [-0.2, -0.15) is 0 Å². The van der Waals surface area contributed by atoms with E-state index in [-0.39, 0.29) is 24.3 Å². The van der Waals surface area contributed by atoms with E-state index < -0.39 is 0 Å². The maximum Gasteiger partial charge on any atom is 0.227 e. The van der Waals surface area contributed by atoms with Crippen LogP contribution in [-0.4, -0.2) is 23.6 Å². The first-order valence-corrected chi connectivity index (χ1v) is 7.11. The number of rotatable bonds is 5. The van der Waals surface area contributed by atoms with Crippen LogP contribution in [-0.2, 0) is 4.79 Å². The van der Waals surface area contributed by atoms with Crippen LogP contribution in [0.3, 0.4) is 0 Å². The van der Waals surface area contributed by atoms with Gasteiger partial charge >= 0.3 is 0 Å². The molecule has 0 aliphatic heterocycles. The molecule has 1 aromatic carbocycles. The molecule has 0 aromatic heterocycles. The summed E-state index contributed by atoms with van der Waals surface area (Å²) < 4.78 is 5.45. The molecule has 2 rings (SSSR count). The van der Waals surface area contributed by atoms with Gasteiger partial charge in [0, 0.05) is 5.92 Å². The Morgan fingerprint density at radius 2 is 2.24 bits per heavy atom. The van der Waals surface area contributed by atoms with E-state index in [4.69, 9.17) is 15.7 Å². The molecule has 0 heterocycles. The highest BCUT2D eigenvalue weighted by Crippen LogP contribution is 2.33. The predicted molar refractivity (Wildman–Crippen MR) is 80.5 cm³/mol. The van der Waals surface area contributed by atoms with Crippen molar-refractivity contribution in [1.29, 1.82) is 0 Å². The molecule has 0 bridgehead atoms. The van der Waals surface area contributed by atoms with Crippen LogP contribution >= 0.6 is 0 Å². The first kappa shape index (κ1) is 15.2. The zero-order valence-corrected chi connectivity index (χ0v) is 12.1. The minimum atomic E-state index is -0.0385. The SMILES string of the molecule is CC1CCCC1C(=O)Nc1ccccc1OC/C(N)=N/O. The molecule has 4 N–H and O–H groups in total. The van der Waals surface area contributed by atoms with E-state index in [1.165, 1.54) is 0 Å². The molecule has 2 atom stereocenters. The van der Waals surface area contributed by atoms with Crippen LogP contribution in [0.4, 0.5) is 5.69 Å². The number of nitrogens with one attached hydrogen (secondary N) is 1. The summed E-state index contributed by atoms with van der Waals surface area (Å²) in [6.45, 7) is 2.07. The van der Waals surface area contributed by atoms with Crippen LogP contribution in [0.25, 0.3) is 0 Å². The summed E-state index contributed by atoms with van der Waals surface area (Å²) in [7, 11) is 0. The lowest BCUT2D eigenvalue weighted by Crippen LogP contribution is -2.25. The maximum absolute atomic E-state index is 12.3. The molecular formula is C15H21N3O3. The number of hydrogen-bond acceptors (Lipinski definition) is 4. The van der Waals surface area contributed by atoms with E-state index in [0.29, 0.717) is 17.4 Å². The quantitative estimate of drug-likeness (QED) is 0.335. The largest absolute Gasteiger partial charge is 0.483 e. The van der Waals surface area contributed by atoms with Crippen molar-refractivity contribution >= 4 is 17.4 Å². The molecule has 1 aromatic rings. The molecular weight excluding hydrogens is 270 g/mol. The monoisotopic (exact) mass is 291 g/mol. The molecule has 1 fully saturated rings. The van der Waals surface area contributed by atoms with Crippen molar-refractivity contribution in [2.75, 3.05) is 11.9 Å². The number of carbonyl (C=O) groups excluding carboxylic acids is 1. The van der Waals surface area contributed by atoms with Crippen LogP contribution in [0, 0.1) is 11.8 Å². The van der Waals surface area contributed by atoms with Crippen LogP contribution in [0.2, 0.25) is 0 Å². The zero-order valence-electron chi connectivity index (χ0n) is 12.1. The molecule has 0 saturated heterocycles. The Labute approximate surface area is 124 Å². The van der Waals surface area contributed by atoms with Crippen molar-refractivity contribution in [2.45, 2.75) is 26.2 Å². The Morgan fingerprint density at radius 3 is 2.90 bits per heavy atom. The smallest absolute Gasteiger partial charge is 0.227 e. The third-order valence-electron chi connectivity index (χ3n) is 3.85. The topological polar surface area (TPSA) is 96.9 Å². The van der Waals surface area contributed by atoms with Crippen molar-refractivity contribution < 1.29 is 14.7 Å². The van der Waals surface area contributed by atoms with Crippen molar-refractivity contribution in [3.05, 3.63) is 24.3 Å². The highest BCUT2D eigenvalue weighted by Gasteiger charge is 2.30. The van der Waals surface area contributed by atoms with Gasteiger partial charge in [0.15, 0.2) is 5.84 Å². The van der Waals surface area contributed by atoms with Gasteiger partial charge < -0.3 is 21.0 Å². The number of hydrogen-bond donors (Lipinski definition) is 3. The van der Waals surface area contributed by atoms with E-state index in [2.05, 4.69) is 17.4 Å². The van der Waals surface area contributed by atoms with Crippen LogP contribution < -0.4 is 15.8 Å². The lowest BCUT2D eigenvalue weighted by atomic mass is 9.97. The van der Waals surface area contributed by atoms with Gasteiger partial charge in [-0.05, 0) is 30.9 Å². The molecule has 21 heavy (non-hydrogen) atoms. The minimum absolute atomic E-state index is 0.0273. The average Bonchev–Trinajstić information content (AvgIpc) is 2.92. The fraction of sp³-hybridized carbons (Fsp3) is 0.467. The molecule has 0 spiro atoms. The van der Waals surface area contributed by atoms with Crippen molar-refractivity contribution in [1.82, 2.24) is 0 Å². The predicted octanol–water partition coefficient (Wildman–Crippen LogP) is 2.19. The van der Waals surface area contributed by atoms with Gasteiger partial charge in [0.05, 0.1) is 5.69 Å². The molecule has 0 radical (unpaired) electrons. The summed E-state index contributed by atoms with van der Waals surface area (Å²) in [5.41, 5.74) is 5.98. The number of para-hydroxylation sites is 2. The summed E-state index contributed by atoms with van der Waals surface area (Å²) in [4.78, 5) is 12.3. The summed E-state index contributed by atoms with van der Waals surface area (Å²) >= 11 is 0. The number of anilines is 1. The number of nitrogens with two attached hydrogens (primary N) is 1. The van der Waals surface area contributed by atoms with Crippen LogP contribution in [0.1, 0.15) is 26.2 Å². The summed E-state index contributed by atoms with van der Waals surface area (Å²) in [5.74, 6) is 0.973. The second-order valence-corrected chi connectivity index (χ2v) is 5.38. The maximum atomic E-state index is 12.3. The van der Waals surface area contributed by atoms with E-state index >= 15 is 0 Å². The van der Waals surface area contributed by atoms with E-state index in [9.17, 15) is 4.79 Å². The second-order valence-electron chi connectivity index (χ2n) is 5.38. The number of nitrogens with zero attached hydrogens (tertiary/aromatic N) is 1. The van der Waals surface area contributed by atoms with Crippen molar-refractivity contribution in [3.8, 4) is 5.75 Å². The first-order chi connectivity index (χ1) is 10.1. The molecule has 2 unspecified atom stereocenters. The Hall–Kier alpha value is -2.24. The normalized spacial score (nSPS) is 22.0. The van der Waals surface area contributed by atoms with E-state index in [0.717, 1.165) is 19.3 Å². The summed E-state index contributed by atoms with van der Waals surface area (Å²) in [6.07, 6.45) is 3.13. The van der Waals surface area contributed by atoms with Gasteiger partial charge in [-0.3, -0.25) is 4.79 Å². The Bertz CT molecular complexity index is 531. The minimum Gasteiger partial charge on any atom is -0.483 e. The molecule has 6 nitrogen and oxygen atoms in total. The Balaban J connectivity index is 2.04. The number of benzene rings is 1. The number of ether oxygens (including phenoxy) is 1. The van der Waals surface area contributed by atoms with Gasteiger partial charge in [0.25, 0.3) is 0 Å². The zero-order chi connectivity index (χ0) is 15.2. The molecule has 1 saturated carbocycles. The summed E-state index contributed by atoms with van der Waals surface area (Å²) in [5, 5.41) is 14.3. The second kappa shape index (κ2) is 6.97.